The number of hydrogen-bond acceptors (Lipinski definition) is 4. The number of nitrogens with one attached hydrogen (secondary N) is 2. The molecule has 1 aliphatic carbocycles. The van der Waals surface area contributed by atoms with E-state index in [4.69, 9.17) is 0 Å². The molecule has 124 valence electrons. The molecule has 2 aromatic heterocycles. The number of halogens is 1. The van der Waals surface area contributed by atoms with Crippen molar-refractivity contribution in [3.8, 4) is 11.3 Å². The van der Waals surface area contributed by atoms with Gasteiger partial charge in [0.05, 0.1) is 0 Å². The molecule has 1 fully saturated rings. The van der Waals surface area contributed by atoms with Crippen LogP contribution < -0.4 is 30.3 Å². The second kappa shape index (κ2) is 6.39. The third-order valence-electron chi connectivity index (χ3n) is 3.93. The van der Waals surface area contributed by atoms with Gasteiger partial charge in [0.25, 0.3) is 0 Å². The van der Waals surface area contributed by atoms with Gasteiger partial charge < -0.3 is 0 Å². The second-order valence-corrected chi connectivity index (χ2v) is 7.36. The van der Waals surface area contributed by atoms with Crippen LogP contribution in [0.1, 0.15) is 12.8 Å². The number of benzene rings is 1. The molecule has 1 amide bonds. The zero-order valence-electron chi connectivity index (χ0n) is 13.2. The van der Waals surface area contributed by atoms with E-state index in [1.807, 2.05) is 18.2 Å². The van der Waals surface area contributed by atoms with Crippen LogP contribution in [0.4, 0.5) is 11.6 Å². The van der Waals surface area contributed by atoms with Crippen LogP contribution in [0.15, 0.2) is 42.5 Å². The number of carbonyl (C=O) groups excluding carboxylic acids is 1. The molecule has 0 unspecified atom stereocenters. The molecule has 0 radical (unpaired) electrons. The molecule has 24 heavy (non-hydrogen) atoms. The summed E-state index contributed by atoms with van der Waals surface area (Å²) in [4.78, 5) is 18.5. The van der Waals surface area contributed by atoms with Crippen molar-refractivity contribution in [2.45, 2.75) is 12.8 Å². The Labute approximate surface area is 150 Å². The first-order chi connectivity index (χ1) is 11.7. The Morgan fingerprint density at radius 2 is 2.00 bits per heavy atom. The van der Waals surface area contributed by atoms with Crippen molar-refractivity contribution in [3.63, 3.8) is 0 Å². The molecule has 1 saturated carbocycles. The van der Waals surface area contributed by atoms with Gasteiger partial charge in [0.1, 0.15) is 0 Å². The summed E-state index contributed by atoms with van der Waals surface area (Å²) in [6.45, 7) is 0. The fraction of sp³-hybridized carbons (Fsp3) is 0.235. The van der Waals surface area contributed by atoms with E-state index in [1.165, 1.54) is 0 Å². The second-order valence-electron chi connectivity index (χ2n) is 5.74. The van der Waals surface area contributed by atoms with Crippen molar-refractivity contribution in [3.05, 3.63) is 42.5 Å². The van der Waals surface area contributed by atoms with Crippen LogP contribution in [0.3, 0.4) is 0 Å². The molecule has 1 aromatic carbocycles. The van der Waals surface area contributed by atoms with Gasteiger partial charge in [-0.1, -0.05) is 0 Å². The van der Waals surface area contributed by atoms with Crippen molar-refractivity contribution >= 4 is 23.2 Å². The molecule has 3 aromatic rings. The summed E-state index contributed by atoms with van der Waals surface area (Å²) in [5.41, 5.74) is 3.87. The number of pyridine rings is 1. The van der Waals surface area contributed by atoms with Crippen molar-refractivity contribution in [2.24, 2.45) is 5.92 Å². The van der Waals surface area contributed by atoms with E-state index in [2.05, 4.69) is 48.1 Å². The van der Waals surface area contributed by atoms with E-state index < -0.39 is 0 Å². The van der Waals surface area contributed by atoms with Crippen LogP contribution in [0.25, 0.3) is 16.9 Å². The Morgan fingerprint density at radius 1 is 1.21 bits per heavy atom. The van der Waals surface area contributed by atoms with Gasteiger partial charge in [-0.05, 0) is 12.8 Å². The molecule has 0 atom stereocenters. The van der Waals surface area contributed by atoms with Gasteiger partial charge in [0, 0.05) is 0 Å². The van der Waals surface area contributed by atoms with Gasteiger partial charge in [0.2, 0.25) is 0 Å². The SMILES string of the molecule is C[I-]Nc1ccc(-c2cccc3nc(NC(=O)C4CC4)nn23)cc1. The van der Waals surface area contributed by atoms with Gasteiger partial charge in [-0.3, -0.25) is 0 Å². The number of nitrogens with zero attached hydrogens (tertiary/aromatic N) is 3. The molecule has 0 spiro atoms. The molecule has 4 rings (SSSR count). The molecule has 7 heteroatoms. The first-order valence-corrected chi connectivity index (χ1v) is 11.0. The molecular formula is C17H17IN5O-. The predicted molar refractivity (Wildman–Crippen MR) is 89.3 cm³/mol. The van der Waals surface area contributed by atoms with Crippen LogP contribution >= 0.6 is 0 Å². The van der Waals surface area contributed by atoms with Crippen LogP contribution in [0, 0.1) is 5.92 Å². The van der Waals surface area contributed by atoms with E-state index in [-0.39, 0.29) is 33.3 Å². The number of amides is 1. The van der Waals surface area contributed by atoms with Crippen LogP contribution in [-0.4, -0.2) is 25.4 Å². The summed E-state index contributed by atoms with van der Waals surface area (Å²) >= 11 is 0.0110. The maximum absolute atomic E-state index is 11.9. The van der Waals surface area contributed by atoms with Gasteiger partial charge in [-0.25, -0.2) is 0 Å². The third kappa shape index (κ3) is 3.08. The molecule has 0 saturated heterocycles. The number of aromatic nitrogens is 3. The quantitative estimate of drug-likeness (QED) is 0.331. The summed E-state index contributed by atoms with van der Waals surface area (Å²) in [5, 5.41) is 7.27. The molecule has 0 aliphatic heterocycles. The van der Waals surface area contributed by atoms with Crippen LogP contribution in [0.5, 0.6) is 0 Å². The Balaban J connectivity index is 1.67. The summed E-state index contributed by atoms with van der Waals surface area (Å²) < 4.78 is 5.17. The first-order valence-electron chi connectivity index (χ1n) is 7.76. The van der Waals surface area contributed by atoms with E-state index >= 15 is 0 Å². The van der Waals surface area contributed by atoms with Gasteiger partial charge >= 0.3 is 137 Å². The van der Waals surface area contributed by atoms with E-state index in [0.717, 1.165) is 35.4 Å². The van der Waals surface area contributed by atoms with E-state index in [9.17, 15) is 4.79 Å². The van der Waals surface area contributed by atoms with Crippen molar-refractivity contribution < 1.29 is 26.3 Å². The van der Waals surface area contributed by atoms with Crippen molar-refractivity contribution in [2.75, 3.05) is 13.8 Å². The average Bonchev–Trinajstić information content (AvgIpc) is 3.36. The van der Waals surface area contributed by atoms with E-state index in [1.54, 1.807) is 4.52 Å². The zero-order chi connectivity index (χ0) is 16.5. The van der Waals surface area contributed by atoms with Gasteiger partial charge in [-0.2, -0.15) is 0 Å². The standard InChI is InChI=1S/C17H17IN5O/c1-18-21-13-9-7-11(8-10-13)14-3-2-4-15-19-17(22-23(14)15)20-16(24)12-5-6-12/h2-4,7-10,12,21H,5-6H2,1H3,(H,20,22,24)/q-1. The van der Waals surface area contributed by atoms with Crippen molar-refractivity contribution in [1.82, 2.24) is 14.6 Å². The summed E-state index contributed by atoms with van der Waals surface area (Å²) in [7, 11) is 0. The Kier molecular flexibility index (Phi) is 4.09. The minimum absolute atomic E-state index is 0.0110. The number of anilines is 2. The maximum atomic E-state index is 11.9. The third-order valence-corrected chi connectivity index (χ3v) is 5.09. The Hall–Kier alpha value is -2.16. The molecule has 1 aliphatic rings. The number of alkyl halides is 1. The van der Waals surface area contributed by atoms with Crippen LogP contribution in [-0.2, 0) is 4.79 Å². The zero-order valence-corrected chi connectivity index (χ0v) is 15.3. The minimum atomic E-state index is 0.0110. The van der Waals surface area contributed by atoms with Crippen molar-refractivity contribution in [1.29, 1.82) is 0 Å². The number of fused-ring (bicyclic) bond motifs is 1. The Bertz CT molecular complexity index is 886. The molecule has 2 heterocycles. The number of hydrogen-bond donors (Lipinski definition) is 2. The fourth-order valence-electron chi connectivity index (χ4n) is 2.55. The average molecular weight is 434 g/mol. The normalized spacial score (nSPS) is 14.0. The van der Waals surface area contributed by atoms with Gasteiger partial charge in [-0.15, -0.1) is 0 Å². The summed E-state index contributed by atoms with van der Waals surface area (Å²) in [6, 6.07) is 14.1. The van der Waals surface area contributed by atoms with Crippen LogP contribution in [0.2, 0.25) is 0 Å². The molecule has 6 nitrogen and oxygen atoms in total. The molecule has 0 bridgehead atoms. The monoisotopic (exact) mass is 434 g/mol. The number of carbonyl (C=O) groups is 1. The first kappa shape index (κ1) is 15.4. The predicted octanol–water partition coefficient (Wildman–Crippen LogP) is -0.210. The van der Waals surface area contributed by atoms with Gasteiger partial charge in [0.15, 0.2) is 0 Å². The van der Waals surface area contributed by atoms with E-state index in [0.29, 0.717) is 5.95 Å². The summed E-state index contributed by atoms with van der Waals surface area (Å²) in [5.74, 6) is 0.525. The summed E-state index contributed by atoms with van der Waals surface area (Å²) in [6.07, 6.45) is 1.93. The molecular weight excluding hydrogens is 417 g/mol. The Morgan fingerprint density at radius 3 is 2.71 bits per heavy atom. The fourth-order valence-corrected chi connectivity index (χ4v) is 3.53. The molecule has 2 N–H and O–H groups in total. The number of rotatable bonds is 5. The topological polar surface area (TPSA) is 71.3 Å².